The minimum atomic E-state index is -0.213. The van der Waals surface area contributed by atoms with Crippen LogP contribution in [-0.2, 0) is 6.54 Å². The third-order valence-corrected chi connectivity index (χ3v) is 6.62. The molecule has 0 spiro atoms. The highest BCUT2D eigenvalue weighted by Crippen LogP contribution is 2.37. The van der Waals surface area contributed by atoms with Crippen LogP contribution < -0.4 is 5.32 Å². The fraction of sp³-hybridized carbons (Fsp3) is 0.233. The molecule has 0 bridgehead atoms. The van der Waals surface area contributed by atoms with Crippen LogP contribution in [0.2, 0.25) is 0 Å². The Kier molecular flexibility index (Phi) is 5.74. The highest BCUT2D eigenvalue weighted by Gasteiger charge is 2.33. The van der Waals surface area contributed by atoms with Crippen LogP contribution in [0.4, 0.5) is 10.5 Å². The first-order chi connectivity index (χ1) is 16.4. The van der Waals surface area contributed by atoms with Gasteiger partial charge in [-0.2, -0.15) is 0 Å². The predicted octanol–water partition coefficient (Wildman–Crippen LogP) is 7.35. The van der Waals surface area contributed by atoms with Crippen LogP contribution >= 0.6 is 0 Å². The van der Waals surface area contributed by atoms with Crippen LogP contribution in [0.1, 0.15) is 59.3 Å². The summed E-state index contributed by atoms with van der Waals surface area (Å²) in [6.45, 7) is 9.02. The molecule has 4 nitrogen and oxygen atoms in total. The van der Waals surface area contributed by atoms with Crippen LogP contribution in [-0.4, -0.2) is 15.5 Å². The summed E-state index contributed by atoms with van der Waals surface area (Å²) in [4.78, 5) is 15.8. The molecule has 0 saturated carbocycles. The number of urea groups is 1. The third kappa shape index (κ3) is 4.12. The van der Waals surface area contributed by atoms with Crippen molar-refractivity contribution < 1.29 is 4.79 Å². The SMILES string of the molecule is Cc1cc(C)cc(NC(=O)N2Cc3ccccc3-n3cccc3C2c2ccc(C(C)C)cc2)c1. The standard InChI is InChI=1S/C30H31N3O/c1-20(2)23-11-13-24(14-12-23)29-28-10-7-15-32(28)27-9-6-5-8-25(27)19-33(29)30(34)31-26-17-21(3)16-22(4)18-26/h5-18,20,29H,19H2,1-4H3,(H,31,34). The van der Waals surface area contributed by atoms with E-state index in [1.807, 2.05) is 23.1 Å². The van der Waals surface area contributed by atoms with Crippen LogP contribution in [0.3, 0.4) is 0 Å². The number of aryl methyl sites for hydroxylation is 2. The van der Waals surface area contributed by atoms with Crippen LogP contribution in [0.15, 0.2) is 85.1 Å². The van der Waals surface area contributed by atoms with Crippen LogP contribution in [0, 0.1) is 13.8 Å². The lowest BCUT2D eigenvalue weighted by Crippen LogP contribution is -2.38. The Bertz CT molecular complexity index is 1310. The van der Waals surface area contributed by atoms with E-state index >= 15 is 0 Å². The quantitative estimate of drug-likeness (QED) is 0.349. The second kappa shape index (κ2) is 8.86. The van der Waals surface area contributed by atoms with Crippen molar-refractivity contribution in [3.05, 3.63) is 119 Å². The molecular formula is C30H31N3O. The molecule has 2 heterocycles. The van der Waals surface area contributed by atoms with Crippen molar-refractivity contribution in [2.24, 2.45) is 0 Å². The van der Waals surface area contributed by atoms with Gasteiger partial charge in [0.05, 0.1) is 18.3 Å². The van der Waals surface area contributed by atoms with E-state index in [0.29, 0.717) is 12.5 Å². The van der Waals surface area contributed by atoms with E-state index in [9.17, 15) is 4.79 Å². The van der Waals surface area contributed by atoms with E-state index in [-0.39, 0.29) is 12.1 Å². The summed E-state index contributed by atoms with van der Waals surface area (Å²) < 4.78 is 2.22. The second-order valence-corrected chi connectivity index (χ2v) is 9.59. The predicted molar refractivity (Wildman–Crippen MR) is 139 cm³/mol. The fourth-order valence-corrected chi connectivity index (χ4v) is 5.00. The zero-order chi connectivity index (χ0) is 23.8. The molecule has 1 unspecified atom stereocenters. The van der Waals surface area contributed by atoms with E-state index in [2.05, 4.69) is 104 Å². The molecular weight excluding hydrogens is 418 g/mol. The van der Waals surface area contributed by atoms with Crippen molar-refractivity contribution >= 4 is 11.7 Å². The smallest absolute Gasteiger partial charge is 0.318 e. The number of para-hydroxylation sites is 1. The summed E-state index contributed by atoms with van der Waals surface area (Å²) in [6.07, 6.45) is 2.09. The number of anilines is 1. The topological polar surface area (TPSA) is 37.3 Å². The lowest BCUT2D eigenvalue weighted by molar-refractivity contribution is 0.194. The van der Waals surface area contributed by atoms with Gasteiger partial charge >= 0.3 is 6.03 Å². The molecule has 3 aromatic carbocycles. The first kappa shape index (κ1) is 22.0. The number of hydrogen-bond acceptors (Lipinski definition) is 1. The highest BCUT2D eigenvalue weighted by atomic mass is 16.2. The van der Waals surface area contributed by atoms with E-state index < -0.39 is 0 Å². The number of rotatable bonds is 3. The van der Waals surface area contributed by atoms with Crippen molar-refractivity contribution in [3.8, 4) is 5.69 Å². The molecule has 1 aromatic heterocycles. The number of amides is 2. The van der Waals surface area contributed by atoms with Crippen molar-refractivity contribution in [1.29, 1.82) is 0 Å². The maximum Gasteiger partial charge on any atom is 0.322 e. The normalized spacial score (nSPS) is 15.0. The molecule has 4 aromatic rings. The number of fused-ring (bicyclic) bond motifs is 3. The number of nitrogens with one attached hydrogen (secondary N) is 1. The first-order valence-corrected chi connectivity index (χ1v) is 11.9. The Hall–Kier alpha value is -3.79. The molecule has 0 radical (unpaired) electrons. The van der Waals surface area contributed by atoms with Gasteiger partial charge in [0, 0.05) is 17.6 Å². The molecule has 0 fully saturated rings. The summed E-state index contributed by atoms with van der Waals surface area (Å²) in [5, 5.41) is 3.18. The molecule has 0 saturated heterocycles. The first-order valence-electron chi connectivity index (χ1n) is 11.9. The summed E-state index contributed by atoms with van der Waals surface area (Å²) in [7, 11) is 0. The lowest BCUT2D eigenvalue weighted by Gasteiger charge is -2.31. The minimum Gasteiger partial charge on any atom is -0.318 e. The Morgan fingerprint density at radius 3 is 2.32 bits per heavy atom. The average molecular weight is 450 g/mol. The molecule has 2 amide bonds. The van der Waals surface area contributed by atoms with Crippen molar-refractivity contribution in [1.82, 2.24) is 9.47 Å². The summed E-state index contributed by atoms with van der Waals surface area (Å²) in [5.41, 5.74) is 8.80. The number of nitrogens with zero attached hydrogens (tertiary/aromatic N) is 2. The Labute approximate surface area is 201 Å². The number of benzene rings is 3. The zero-order valence-corrected chi connectivity index (χ0v) is 20.2. The van der Waals surface area contributed by atoms with E-state index in [4.69, 9.17) is 0 Å². The van der Waals surface area contributed by atoms with Crippen molar-refractivity contribution in [3.63, 3.8) is 0 Å². The lowest BCUT2D eigenvalue weighted by atomic mass is 9.97. The second-order valence-electron chi connectivity index (χ2n) is 9.59. The van der Waals surface area contributed by atoms with Gasteiger partial charge < -0.3 is 14.8 Å². The van der Waals surface area contributed by atoms with E-state index in [1.54, 1.807) is 0 Å². The Morgan fingerprint density at radius 1 is 0.912 bits per heavy atom. The van der Waals surface area contributed by atoms with Gasteiger partial charge in [-0.1, -0.05) is 62.4 Å². The Morgan fingerprint density at radius 2 is 1.62 bits per heavy atom. The van der Waals surface area contributed by atoms with Crippen molar-refractivity contribution in [2.75, 3.05) is 5.32 Å². The molecule has 0 aliphatic carbocycles. The number of carbonyl (C=O) groups excluding carboxylic acids is 1. The fourth-order valence-electron chi connectivity index (χ4n) is 5.00. The molecule has 4 heteroatoms. The monoisotopic (exact) mass is 449 g/mol. The summed E-state index contributed by atoms with van der Waals surface area (Å²) in [6, 6.07) is 27.1. The van der Waals surface area contributed by atoms with Gasteiger partial charge in [-0.05, 0) is 77.9 Å². The maximum absolute atomic E-state index is 13.8. The van der Waals surface area contributed by atoms with Gasteiger partial charge in [-0.25, -0.2) is 4.79 Å². The Balaban J connectivity index is 1.61. The summed E-state index contributed by atoms with van der Waals surface area (Å²) >= 11 is 0. The number of aromatic nitrogens is 1. The van der Waals surface area contributed by atoms with E-state index in [1.165, 1.54) is 5.56 Å². The molecule has 1 atom stereocenters. The van der Waals surface area contributed by atoms with Gasteiger partial charge in [0.25, 0.3) is 0 Å². The third-order valence-electron chi connectivity index (χ3n) is 6.62. The van der Waals surface area contributed by atoms with Gasteiger partial charge in [-0.3, -0.25) is 0 Å². The maximum atomic E-state index is 13.8. The van der Waals surface area contributed by atoms with Gasteiger partial charge in [0.15, 0.2) is 0 Å². The number of carbonyl (C=O) groups is 1. The van der Waals surface area contributed by atoms with Crippen LogP contribution in [0.25, 0.3) is 5.69 Å². The van der Waals surface area contributed by atoms with Crippen LogP contribution in [0.5, 0.6) is 0 Å². The molecule has 5 rings (SSSR count). The van der Waals surface area contributed by atoms with Crippen molar-refractivity contribution in [2.45, 2.75) is 46.2 Å². The van der Waals surface area contributed by atoms with Gasteiger partial charge in [-0.15, -0.1) is 0 Å². The molecule has 1 N–H and O–H groups in total. The highest BCUT2D eigenvalue weighted by molar-refractivity contribution is 5.90. The molecule has 1 aliphatic heterocycles. The largest absolute Gasteiger partial charge is 0.322 e. The zero-order valence-electron chi connectivity index (χ0n) is 20.2. The van der Waals surface area contributed by atoms with Gasteiger partial charge in [0.1, 0.15) is 0 Å². The minimum absolute atomic E-state index is 0.104. The van der Waals surface area contributed by atoms with E-state index in [0.717, 1.165) is 39.3 Å². The molecule has 172 valence electrons. The molecule has 1 aliphatic rings. The number of hydrogen-bond donors (Lipinski definition) is 1. The summed E-state index contributed by atoms with van der Waals surface area (Å²) in [5.74, 6) is 0.459. The molecule has 34 heavy (non-hydrogen) atoms. The van der Waals surface area contributed by atoms with Gasteiger partial charge in [0.2, 0.25) is 0 Å². The average Bonchev–Trinajstić information content (AvgIpc) is 3.22.